The van der Waals surface area contributed by atoms with Gasteiger partial charge in [0.15, 0.2) is 0 Å². The van der Waals surface area contributed by atoms with Crippen LogP contribution < -0.4 is 0 Å². The second-order valence-electron chi connectivity index (χ2n) is 7.94. The van der Waals surface area contributed by atoms with Crippen LogP contribution in [0, 0.1) is 34.5 Å². The lowest BCUT2D eigenvalue weighted by molar-refractivity contribution is -0.131. The summed E-state index contributed by atoms with van der Waals surface area (Å²) in [5.74, 6) is 2.05. The lowest BCUT2D eigenvalue weighted by Crippen LogP contribution is -2.32. The van der Waals surface area contributed by atoms with Crippen molar-refractivity contribution in [3.05, 3.63) is 12.2 Å². The topological polar surface area (TPSA) is 37.3 Å². The summed E-state index contributed by atoms with van der Waals surface area (Å²) in [4.78, 5) is 10.9. The number of allylic oxidation sites excluding steroid dienone is 1. The molecule has 3 aliphatic carbocycles. The van der Waals surface area contributed by atoms with Gasteiger partial charge in [-0.15, -0.1) is 0 Å². The third-order valence-corrected chi connectivity index (χ3v) is 6.66. The van der Waals surface area contributed by atoms with E-state index in [9.17, 15) is 4.79 Å². The van der Waals surface area contributed by atoms with Crippen molar-refractivity contribution in [3.8, 4) is 0 Å². The molecule has 3 aliphatic rings. The molecule has 0 saturated heterocycles. The predicted octanol–water partition coefficient (Wildman–Crippen LogP) is 4.12. The van der Waals surface area contributed by atoms with Gasteiger partial charge >= 0.3 is 5.97 Å². The molecule has 4 bridgehead atoms. The van der Waals surface area contributed by atoms with Crippen molar-refractivity contribution in [3.63, 3.8) is 0 Å². The van der Waals surface area contributed by atoms with Crippen molar-refractivity contribution in [2.24, 2.45) is 34.5 Å². The molecule has 0 aliphatic heterocycles. The fourth-order valence-corrected chi connectivity index (χ4v) is 6.02. The van der Waals surface area contributed by atoms with E-state index in [0.717, 1.165) is 17.8 Å². The summed E-state index contributed by atoms with van der Waals surface area (Å²) < 4.78 is 0. The van der Waals surface area contributed by atoms with Gasteiger partial charge in [-0.25, -0.2) is 4.79 Å². The zero-order chi connectivity index (χ0) is 13.8. The highest BCUT2D eigenvalue weighted by molar-refractivity contribution is 5.79. The minimum atomic E-state index is -0.794. The average molecular weight is 262 g/mol. The van der Waals surface area contributed by atoms with Gasteiger partial charge in [-0.2, -0.15) is 0 Å². The Balaban J connectivity index is 1.99. The molecule has 0 spiro atoms. The quantitative estimate of drug-likeness (QED) is 0.760. The molecule has 1 N–H and O–H groups in total. The number of hydrogen-bond donors (Lipinski definition) is 1. The van der Waals surface area contributed by atoms with Crippen molar-refractivity contribution in [2.75, 3.05) is 0 Å². The zero-order valence-electron chi connectivity index (χ0n) is 12.4. The van der Waals surface area contributed by atoms with Crippen LogP contribution >= 0.6 is 0 Å². The van der Waals surface area contributed by atoms with E-state index < -0.39 is 5.97 Å². The van der Waals surface area contributed by atoms with E-state index in [2.05, 4.69) is 20.8 Å². The summed E-state index contributed by atoms with van der Waals surface area (Å²) in [7, 11) is 0. The smallest absolute Gasteiger partial charge is 0.327 e. The predicted molar refractivity (Wildman–Crippen MR) is 75.7 cm³/mol. The van der Waals surface area contributed by atoms with Crippen LogP contribution in [-0.4, -0.2) is 11.1 Å². The highest BCUT2D eigenvalue weighted by Crippen LogP contribution is 2.70. The van der Waals surface area contributed by atoms with Crippen molar-refractivity contribution >= 4 is 5.97 Å². The molecular weight excluding hydrogens is 236 g/mol. The van der Waals surface area contributed by atoms with Crippen LogP contribution in [-0.2, 0) is 4.79 Å². The number of carboxylic acid groups (broad SMARTS) is 1. The number of carbonyl (C=O) groups is 1. The molecule has 2 nitrogen and oxygen atoms in total. The molecule has 106 valence electrons. The fourth-order valence-electron chi connectivity index (χ4n) is 6.02. The van der Waals surface area contributed by atoms with Gasteiger partial charge in [-0.1, -0.05) is 33.3 Å². The lowest BCUT2D eigenvalue weighted by Gasteiger charge is -2.40. The second-order valence-corrected chi connectivity index (χ2v) is 7.94. The first kappa shape index (κ1) is 13.2. The standard InChI is InChI=1S/C17H26O2/c1-16(2)9-4-10-17(3)12(7-8-14(18)19)11-5-6-13(17)15(11)16/h7-8,11-13,15H,4-6,9-10H2,1-3H3,(H,18,19)/b8-7+/t11-,12+,13-,15+,17-/m1/s1. The number of aliphatic carboxylic acids is 1. The lowest BCUT2D eigenvalue weighted by atomic mass is 9.65. The Morgan fingerprint density at radius 2 is 1.95 bits per heavy atom. The molecule has 0 radical (unpaired) electrons. The molecule has 0 aromatic rings. The van der Waals surface area contributed by atoms with Crippen LogP contribution in [0.4, 0.5) is 0 Å². The molecule has 0 amide bonds. The first-order valence-corrected chi connectivity index (χ1v) is 7.77. The first-order chi connectivity index (χ1) is 8.86. The Kier molecular flexibility index (Phi) is 2.85. The molecule has 0 heterocycles. The van der Waals surface area contributed by atoms with E-state index in [0.29, 0.717) is 16.7 Å². The van der Waals surface area contributed by atoms with Crippen LogP contribution in [0.5, 0.6) is 0 Å². The van der Waals surface area contributed by atoms with Gasteiger partial charge in [0.05, 0.1) is 0 Å². The van der Waals surface area contributed by atoms with Gasteiger partial charge in [-0.3, -0.25) is 0 Å². The summed E-state index contributed by atoms with van der Waals surface area (Å²) >= 11 is 0. The Morgan fingerprint density at radius 1 is 1.21 bits per heavy atom. The molecule has 3 saturated carbocycles. The van der Waals surface area contributed by atoms with Gasteiger partial charge in [0.1, 0.15) is 0 Å². The second kappa shape index (κ2) is 4.10. The van der Waals surface area contributed by atoms with E-state index >= 15 is 0 Å². The minimum Gasteiger partial charge on any atom is -0.478 e. The van der Waals surface area contributed by atoms with Gasteiger partial charge in [0, 0.05) is 6.08 Å². The number of hydrogen-bond acceptors (Lipinski definition) is 1. The SMILES string of the molecule is CC1(C)CCC[C@@]2(C)[C@@H]3CC[C@@H]([C@@H]31)[C@@H]2/C=C/C(=O)O. The summed E-state index contributed by atoms with van der Waals surface area (Å²) in [6.07, 6.45) is 10.0. The normalized spacial score (nSPS) is 47.5. The minimum absolute atomic E-state index is 0.354. The van der Waals surface area contributed by atoms with Crippen LogP contribution in [0.2, 0.25) is 0 Å². The summed E-state index contributed by atoms with van der Waals surface area (Å²) in [5.41, 5.74) is 0.794. The average Bonchev–Trinajstić information content (AvgIpc) is 2.78. The molecule has 5 atom stereocenters. The van der Waals surface area contributed by atoms with Crippen molar-refractivity contribution in [2.45, 2.75) is 52.9 Å². The van der Waals surface area contributed by atoms with Gasteiger partial charge in [0.25, 0.3) is 0 Å². The third-order valence-electron chi connectivity index (χ3n) is 6.66. The molecule has 3 fully saturated rings. The molecule has 3 rings (SSSR count). The highest BCUT2D eigenvalue weighted by Gasteiger charge is 2.63. The third kappa shape index (κ3) is 1.79. The Morgan fingerprint density at radius 3 is 2.63 bits per heavy atom. The molecular formula is C17H26O2. The van der Waals surface area contributed by atoms with Gasteiger partial charge in [-0.05, 0) is 60.2 Å². The summed E-state index contributed by atoms with van der Waals surface area (Å²) in [6.45, 7) is 7.32. The largest absolute Gasteiger partial charge is 0.478 e. The highest BCUT2D eigenvalue weighted by atomic mass is 16.4. The molecule has 0 aromatic heterocycles. The van der Waals surface area contributed by atoms with Crippen molar-refractivity contribution < 1.29 is 9.90 Å². The summed E-state index contributed by atoms with van der Waals surface area (Å²) in [5, 5.41) is 8.94. The Hall–Kier alpha value is -0.790. The van der Waals surface area contributed by atoms with Gasteiger partial charge < -0.3 is 5.11 Å². The molecule has 0 unspecified atom stereocenters. The van der Waals surface area contributed by atoms with E-state index in [1.807, 2.05) is 6.08 Å². The van der Waals surface area contributed by atoms with Crippen LogP contribution in [0.15, 0.2) is 12.2 Å². The van der Waals surface area contributed by atoms with E-state index in [1.165, 1.54) is 38.2 Å². The molecule has 0 aromatic carbocycles. The van der Waals surface area contributed by atoms with Crippen LogP contribution in [0.3, 0.4) is 0 Å². The van der Waals surface area contributed by atoms with E-state index in [1.54, 1.807) is 0 Å². The fraction of sp³-hybridized carbons (Fsp3) is 0.824. The molecule has 19 heavy (non-hydrogen) atoms. The van der Waals surface area contributed by atoms with Crippen LogP contribution in [0.1, 0.15) is 52.9 Å². The number of carboxylic acids is 1. The summed E-state index contributed by atoms with van der Waals surface area (Å²) in [6, 6.07) is 0. The maximum Gasteiger partial charge on any atom is 0.327 e. The Labute approximate surface area is 116 Å². The van der Waals surface area contributed by atoms with E-state index in [-0.39, 0.29) is 0 Å². The zero-order valence-corrected chi connectivity index (χ0v) is 12.4. The van der Waals surface area contributed by atoms with E-state index in [4.69, 9.17) is 5.11 Å². The number of rotatable bonds is 2. The Bertz CT molecular complexity index is 423. The van der Waals surface area contributed by atoms with Gasteiger partial charge in [0.2, 0.25) is 0 Å². The first-order valence-electron chi connectivity index (χ1n) is 7.77. The monoisotopic (exact) mass is 262 g/mol. The van der Waals surface area contributed by atoms with Crippen molar-refractivity contribution in [1.29, 1.82) is 0 Å². The van der Waals surface area contributed by atoms with Crippen molar-refractivity contribution in [1.82, 2.24) is 0 Å². The maximum absolute atomic E-state index is 10.9. The maximum atomic E-state index is 10.9. The molecule has 2 heteroatoms. The van der Waals surface area contributed by atoms with Crippen LogP contribution in [0.25, 0.3) is 0 Å².